The summed E-state index contributed by atoms with van der Waals surface area (Å²) in [6, 6.07) is 4.25. The Kier molecular flexibility index (Phi) is 10.7. The number of likely N-dealkylation sites (tertiary alicyclic amines) is 1. The first-order chi connectivity index (χ1) is 20.5. The molecule has 0 amide bonds. The lowest BCUT2D eigenvalue weighted by Crippen LogP contribution is -2.39. The number of nitriles is 1. The summed E-state index contributed by atoms with van der Waals surface area (Å²) >= 11 is 1.41. The molecule has 4 rings (SSSR count). The van der Waals surface area contributed by atoms with E-state index < -0.39 is 5.92 Å². The first-order valence-corrected chi connectivity index (χ1v) is 16.1. The summed E-state index contributed by atoms with van der Waals surface area (Å²) in [5.74, 6) is 0.395. The summed E-state index contributed by atoms with van der Waals surface area (Å²) in [6.07, 6.45) is 6.48. The van der Waals surface area contributed by atoms with Crippen molar-refractivity contribution in [3.63, 3.8) is 0 Å². The van der Waals surface area contributed by atoms with E-state index in [0.717, 1.165) is 49.1 Å². The van der Waals surface area contributed by atoms with Gasteiger partial charge in [0, 0.05) is 27.9 Å². The zero-order chi connectivity index (χ0) is 31.3. The molecular weight excluding hydrogens is 562 g/mol. The number of hydrogen-bond donors (Lipinski definition) is 2. The number of anilines is 1. The Morgan fingerprint density at radius 3 is 2.58 bits per heavy atom. The summed E-state index contributed by atoms with van der Waals surface area (Å²) in [4.78, 5) is 29.0. The van der Waals surface area contributed by atoms with Crippen LogP contribution in [0.3, 0.4) is 0 Å². The van der Waals surface area contributed by atoms with Gasteiger partial charge in [0.25, 0.3) is 0 Å². The van der Waals surface area contributed by atoms with Crippen LogP contribution in [0.25, 0.3) is 5.70 Å². The van der Waals surface area contributed by atoms with E-state index in [9.17, 15) is 10.1 Å². The van der Waals surface area contributed by atoms with Crippen LogP contribution in [-0.2, 0) is 11.2 Å². The van der Waals surface area contributed by atoms with Gasteiger partial charge in [0.1, 0.15) is 17.7 Å². The molecule has 2 aromatic rings. The van der Waals surface area contributed by atoms with E-state index in [4.69, 9.17) is 20.9 Å². The number of carbonyl (C=O) groups is 1. The highest BCUT2D eigenvalue weighted by Gasteiger charge is 2.35. The maximum Gasteiger partial charge on any atom is 0.220 e. The Hall–Kier alpha value is -3.20. The fourth-order valence-electron chi connectivity index (χ4n) is 5.71. The maximum atomic E-state index is 14.2. The molecule has 11 heteroatoms. The van der Waals surface area contributed by atoms with E-state index >= 15 is 0 Å². The van der Waals surface area contributed by atoms with Crippen molar-refractivity contribution >= 4 is 27.8 Å². The van der Waals surface area contributed by atoms with Gasteiger partial charge >= 0.3 is 0 Å². The number of aromatic nitrogens is 2. The highest BCUT2D eigenvalue weighted by atomic mass is 32.1. The van der Waals surface area contributed by atoms with Crippen molar-refractivity contribution in [2.75, 3.05) is 46.6 Å². The van der Waals surface area contributed by atoms with Crippen LogP contribution >= 0.6 is 11.3 Å². The highest BCUT2D eigenvalue weighted by molar-refractivity contribution is 7.16. The maximum absolute atomic E-state index is 14.2. The van der Waals surface area contributed by atoms with Crippen molar-refractivity contribution in [1.29, 1.82) is 5.26 Å². The fourth-order valence-corrected chi connectivity index (χ4v) is 6.84. The molecule has 0 saturated carbocycles. The van der Waals surface area contributed by atoms with Gasteiger partial charge in [-0.2, -0.15) is 15.2 Å². The number of allylic oxidation sites excluding steroid dienone is 1. The second-order valence-corrected chi connectivity index (χ2v) is 13.6. The van der Waals surface area contributed by atoms with Gasteiger partial charge in [-0.25, -0.2) is 0 Å². The van der Waals surface area contributed by atoms with Crippen molar-refractivity contribution in [2.24, 2.45) is 5.73 Å². The van der Waals surface area contributed by atoms with Gasteiger partial charge in [0.05, 0.1) is 23.9 Å². The van der Waals surface area contributed by atoms with Crippen LogP contribution in [0, 0.1) is 11.3 Å². The first-order valence-electron chi connectivity index (χ1n) is 15.3. The number of rotatable bonds is 13. The van der Waals surface area contributed by atoms with Crippen molar-refractivity contribution in [3.05, 3.63) is 33.5 Å². The van der Waals surface area contributed by atoms with E-state index in [2.05, 4.69) is 46.7 Å². The van der Waals surface area contributed by atoms with E-state index in [1.807, 2.05) is 21.0 Å². The third-order valence-corrected chi connectivity index (χ3v) is 10.1. The van der Waals surface area contributed by atoms with Crippen LogP contribution in [0.1, 0.15) is 93.5 Å². The van der Waals surface area contributed by atoms with Crippen LogP contribution in [0.2, 0.25) is 0 Å². The molecule has 2 aromatic heterocycles. The van der Waals surface area contributed by atoms with Gasteiger partial charge in [-0.15, -0.1) is 11.3 Å². The van der Waals surface area contributed by atoms with Crippen LogP contribution in [-0.4, -0.2) is 78.0 Å². The normalized spacial score (nSPS) is 19.6. The largest absolute Gasteiger partial charge is 0.477 e. The molecule has 2 aliphatic rings. The van der Waals surface area contributed by atoms with E-state index in [-0.39, 0.29) is 22.8 Å². The van der Waals surface area contributed by atoms with Gasteiger partial charge in [-0.1, -0.05) is 13.3 Å². The van der Waals surface area contributed by atoms with Gasteiger partial charge < -0.3 is 30.7 Å². The Labute approximate surface area is 260 Å². The summed E-state index contributed by atoms with van der Waals surface area (Å²) in [6.45, 7) is 8.31. The molecule has 0 radical (unpaired) electrons. The molecule has 1 aliphatic carbocycles. The summed E-state index contributed by atoms with van der Waals surface area (Å²) in [5, 5.41) is 10.3. The van der Waals surface area contributed by atoms with E-state index in [0.29, 0.717) is 66.4 Å². The Morgan fingerprint density at radius 1 is 1.23 bits per heavy atom. The number of Topliss-reactive ketones (excluding diaryl/α,β-unsaturated/α-hetero) is 1. The topological polar surface area (TPSA) is 144 Å². The summed E-state index contributed by atoms with van der Waals surface area (Å²) < 4.78 is 12.3. The molecule has 4 N–H and O–H groups in total. The number of nitrogens with zero attached hydrogens (tertiary/aromatic N) is 5. The number of hydrogen-bond acceptors (Lipinski definition) is 11. The standard InChI is InChI=1S/C32H47N7O3S/c1-7-10-22(29(40)21-12-8-13-24-27(21)23(18-33)30(35)43-24)28(34)31-36-25(41-16-14-32(2,3)38(4)5)17-26(37-31)42-19-20-11-9-15-39(20)6/h17,20-21H,7-16,19,34-35H2,1-6H3/t20-,21-/m0/s1. The quantitative estimate of drug-likeness (QED) is 0.306. The minimum atomic E-state index is -0.464. The van der Waals surface area contributed by atoms with Crippen molar-refractivity contribution in [3.8, 4) is 17.8 Å². The van der Waals surface area contributed by atoms with Crippen LogP contribution in [0.5, 0.6) is 11.8 Å². The SMILES string of the molecule is CCCC(C(=O)[C@H]1CCCc2sc(N)c(C#N)c21)=C(N)c1nc(OCCC(C)(C)N(C)C)cc(OC[C@@H]2CCCN2C)n1. The minimum Gasteiger partial charge on any atom is -0.477 e. The zero-order valence-electron chi connectivity index (χ0n) is 26.5. The predicted octanol–water partition coefficient (Wildman–Crippen LogP) is 4.73. The molecular formula is C32H47N7O3S. The monoisotopic (exact) mass is 609 g/mol. The lowest BCUT2D eigenvalue weighted by Gasteiger charge is -2.32. The molecule has 1 fully saturated rings. The van der Waals surface area contributed by atoms with Crippen LogP contribution in [0.4, 0.5) is 5.00 Å². The average molecular weight is 610 g/mol. The Morgan fingerprint density at radius 2 is 1.95 bits per heavy atom. The fraction of sp³-hybridized carbons (Fsp3) is 0.625. The van der Waals surface area contributed by atoms with E-state index in [1.165, 1.54) is 11.3 Å². The molecule has 0 bridgehead atoms. The molecule has 0 unspecified atom stereocenters. The van der Waals surface area contributed by atoms with Crippen molar-refractivity contribution < 1.29 is 14.3 Å². The minimum absolute atomic E-state index is 0.0614. The average Bonchev–Trinajstić information content (AvgIpc) is 3.54. The molecule has 43 heavy (non-hydrogen) atoms. The Balaban J connectivity index is 1.68. The lowest BCUT2D eigenvalue weighted by molar-refractivity contribution is -0.117. The molecule has 3 heterocycles. The van der Waals surface area contributed by atoms with Crippen LogP contribution < -0.4 is 20.9 Å². The number of nitrogens with two attached hydrogens (primary N) is 2. The number of nitrogen functional groups attached to an aromatic ring is 1. The molecule has 1 saturated heterocycles. The third-order valence-electron chi connectivity index (χ3n) is 9.03. The zero-order valence-corrected chi connectivity index (χ0v) is 27.4. The smallest absolute Gasteiger partial charge is 0.220 e. The number of likely N-dealkylation sites (N-methyl/N-ethyl adjacent to an activating group) is 1. The molecule has 2 atom stereocenters. The van der Waals surface area contributed by atoms with Gasteiger partial charge in [0.15, 0.2) is 11.6 Å². The predicted molar refractivity (Wildman–Crippen MR) is 171 cm³/mol. The van der Waals surface area contributed by atoms with Gasteiger partial charge in [-0.3, -0.25) is 4.79 Å². The number of aryl methyl sites for hydroxylation is 1. The summed E-state index contributed by atoms with van der Waals surface area (Å²) in [5.41, 5.74) is 14.8. The molecule has 0 aromatic carbocycles. The lowest BCUT2D eigenvalue weighted by atomic mass is 9.79. The first kappa shape index (κ1) is 32.7. The Bertz CT molecular complexity index is 1380. The van der Waals surface area contributed by atoms with Gasteiger partial charge in [-0.05, 0) is 92.0 Å². The second kappa shape index (κ2) is 14.1. The number of carbonyl (C=O) groups excluding carboxylic acids is 1. The van der Waals surface area contributed by atoms with Crippen molar-refractivity contribution in [1.82, 2.24) is 19.8 Å². The third kappa shape index (κ3) is 7.48. The molecule has 1 aliphatic heterocycles. The molecule has 10 nitrogen and oxygen atoms in total. The second-order valence-electron chi connectivity index (χ2n) is 12.5. The van der Waals surface area contributed by atoms with Gasteiger partial charge in [0.2, 0.25) is 11.8 Å². The van der Waals surface area contributed by atoms with Crippen LogP contribution in [0.15, 0.2) is 11.6 Å². The number of ketones is 1. The number of ether oxygens (including phenoxy) is 2. The van der Waals surface area contributed by atoms with Crippen molar-refractivity contribution in [2.45, 2.75) is 89.6 Å². The summed E-state index contributed by atoms with van der Waals surface area (Å²) in [7, 11) is 6.20. The number of thiophene rings is 1. The molecule has 234 valence electrons. The molecule has 0 spiro atoms. The van der Waals surface area contributed by atoms with E-state index in [1.54, 1.807) is 6.07 Å². The number of fused-ring (bicyclic) bond motifs is 1. The highest BCUT2D eigenvalue weighted by Crippen LogP contribution is 2.44.